The van der Waals surface area contributed by atoms with E-state index in [0.717, 1.165) is 77.9 Å². The summed E-state index contributed by atoms with van der Waals surface area (Å²) in [5.74, 6) is 0.809. The molecule has 0 aliphatic rings. The number of benzene rings is 4. The summed E-state index contributed by atoms with van der Waals surface area (Å²) in [5, 5.41) is 10.7. The number of aromatic nitrogens is 6. The normalized spacial score (nSPS) is 11.6. The highest BCUT2D eigenvalue weighted by atomic mass is 15.2. The van der Waals surface area contributed by atoms with E-state index in [1.807, 2.05) is 30.5 Å². The van der Waals surface area contributed by atoms with Gasteiger partial charge < -0.3 is 4.57 Å². The second kappa shape index (κ2) is 9.71. The SMILES string of the molecule is c1ccc(-c2cc(-c3ccccc3)nc(-n3c4ccccc4c4nnc5c6ncccc6n(-c6ccccc6)c5c43)c2)cc1. The molecular weight excluding hydrogens is 540 g/mol. The highest BCUT2D eigenvalue weighted by Gasteiger charge is 2.24. The summed E-state index contributed by atoms with van der Waals surface area (Å²) < 4.78 is 4.50. The van der Waals surface area contributed by atoms with Gasteiger partial charge in [0.2, 0.25) is 0 Å². The summed E-state index contributed by atoms with van der Waals surface area (Å²) in [6, 6.07) is 48.0. The molecule has 0 saturated heterocycles. The summed E-state index contributed by atoms with van der Waals surface area (Å²) in [4.78, 5) is 10.1. The van der Waals surface area contributed by atoms with Crippen LogP contribution in [0.3, 0.4) is 0 Å². The van der Waals surface area contributed by atoms with E-state index in [1.54, 1.807) is 0 Å². The molecule has 0 amide bonds. The van der Waals surface area contributed by atoms with E-state index in [9.17, 15) is 0 Å². The van der Waals surface area contributed by atoms with Crippen molar-refractivity contribution >= 4 is 44.0 Å². The summed E-state index contributed by atoms with van der Waals surface area (Å²) in [6.45, 7) is 0. The summed E-state index contributed by atoms with van der Waals surface area (Å²) in [5.41, 5.74) is 11.5. The molecule has 5 aromatic heterocycles. The molecule has 0 spiro atoms. The van der Waals surface area contributed by atoms with Crippen molar-refractivity contribution in [3.8, 4) is 33.9 Å². The molecule has 4 aromatic carbocycles. The van der Waals surface area contributed by atoms with Gasteiger partial charge in [0.25, 0.3) is 0 Å². The van der Waals surface area contributed by atoms with Crippen molar-refractivity contribution in [3.05, 3.63) is 146 Å². The number of hydrogen-bond acceptors (Lipinski definition) is 4. The van der Waals surface area contributed by atoms with Gasteiger partial charge >= 0.3 is 0 Å². The number of hydrogen-bond donors (Lipinski definition) is 0. The van der Waals surface area contributed by atoms with E-state index >= 15 is 0 Å². The number of para-hydroxylation sites is 2. The Labute approximate surface area is 252 Å². The molecule has 9 aromatic rings. The molecule has 9 rings (SSSR count). The predicted octanol–water partition coefficient (Wildman–Crippen LogP) is 8.79. The monoisotopic (exact) mass is 564 g/mol. The van der Waals surface area contributed by atoms with Crippen LogP contribution in [0.5, 0.6) is 0 Å². The number of rotatable bonds is 4. The van der Waals surface area contributed by atoms with E-state index < -0.39 is 0 Å². The maximum Gasteiger partial charge on any atom is 0.140 e. The van der Waals surface area contributed by atoms with Crippen LogP contribution in [0.2, 0.25) is 0 Å². The first kappa shape index (κ1) is 24.5. The lowest BCUT2D eigenvalue weighted by Crippen LogP contribution is -2.03. The van der Waals surface area contributed by atoms with Gasteiger partial charge in [-0.2, -0.15) is 0 Å². The minimum atomic E-state index is 0.753. The molecular formula is C38H24N6. The molecule has 0 aliphatic carbocycles. The fourth-order valence-corrected chi connectivity index (χ4v) is 6.32. The Morgan fingerprint density at radius 2 is 1.09 bits per heavy atom. The van der Waals surface area contributed by atoms with Crippen LogP contribution < -0.4 is 0 Å². The van der Waals surface area contributed by atoms with Crippen molar-refractivity contribution in [3.63, 3.8) is 0 Å². The van der Waals surface area contributed by atoms with Crippen molar-refractivity contribution < 1.29 is 0 Å². The third-order valence-corrected chi connectivity index (χ3v) is 8.25. The lowest BCUT2D eigenvalue weighted by atomic mass is 10.0. The Bertz CT molecular complexity index is 2420. The first-order valence-electron chi connectivity index (χ1n) is 14.6. The average Bonchev–Trinajstić information content (AvgIpc) is 3.62. The van der Waals surface area contributed by atoms with Crippen LogP contribution in [0, 0.1) is 0 Å². The Morgan fingerprint density at radius 1 is 0.455 bits per heavy atom. The molecule has 0 atom stereocenters. The lowest BCUT2D eigenvalue weighted by molar-refractivity contribution is 1.06. The number of pyridine rings is 2. The third kappa shape index (κ3) is 3.68. The van der Waals surface area contributed by atoms with Gasteiger partial charge in [-0.25, -0.2) is 4.98 Å². The molecule has 0 unspecified atom stereocenters. The Kier molecular flexibility index (Phi) is 5.40. The van der Waals surface area contributed by atoms with Gasteiger partial charge in [0.05, 0.1) is 16.7 Å². The van der Waals surface area contributed by atoms with Crippen molar-refractivity contribution in [1.29, 1.82) is 0 Å². The molecule has 0 bridgehead atoms. The number of fused-ring (bicyclic) bond motifs is 7. The molecule has 0 radical (unpaired) electrons. The van der Waals surface area contributed by atoms with Gasteiger partial charge in [0.15, 0.2) is 0 Å². The lowest BCUT2D eigenvalue weighted by Gasteiger charge is -2.14. The van der Waals surface area contributed by atoms with Crippen LogP contribution in [0.4, 0.5) is 0 Å². The van der Waals surface area contributed by atoms with E-state index in [4.69, 9.17) is 20.2 Å². The first-order chi connectivity index (χ1) is 21.8. The second-order valence-corrected chi connectivity index (χ2v) is 10.8. The Hall–Kier alpha value is -6.14. The first-order valence-corrected chi connectivity index (χ1v) is 14.6. The smallest absolute Gasteiger partial charge is 0.140 e. The molecule has 0 N–H and O–H groups in total. The van der Waals surface area contributed by atoms with E-state index in [2.05, 4.69) is 124 Å². The Morgan fingerprint density at radius 3 is 1.89 bits per heavy atom. The topological polar surface area (TPSA) is 61.4 Å². The maximum atomic E-state index is 5.32. The number of nitrogens with zero attached hydrogens (tertiary/aromatic N) is 6. The predicted molar refractivity (Wildman–Crippen MR) is 177 cm³/mol. The minimum absolute atomic E-state index is 0.753. The molecule has 5 heterocycles. The Balaban J connectivity index is 1.48. The van der Waals surface area contributed by atoms with Gasteiger partial charge in [-0.1, -0.05) is 97.1 Å². The second-order valence-electron chi connectivity index (χ2n) is 10.8. The molecule has 0 aliphatic heterocycles. The highest BCUT2D eigenvalue weighted by Crippen LogP contribution is 2.39. The van der Waals surface area contributed by atoms with Gasteiger partial charge in [0.1, 0.15) is 33.4 Å². The molecule has 0 saturated carbocycles. The van der Waals surface area contributed by atoms with E-state index in [1.165, 1.54) is 0 Å². The average molecular weight is 565 g/mol. The van der Waals surface area contributed by atoms with Crippen LogP contribution in [0.1, 0.15) is 0 Å². The van der Waals surface area contributed by atoms with Crippen LogP contribution in [-0.2, 0) is 0 Å². The van der Waals surface area contributed by atoms with Gasteiger partial charge in [-0.05, 0) is 53.6 Å². The minimum Gasteiger partial charge on any atom is -0.304 e. The van der Waals surface area contributed by atoms with Crippen molar-refractivity contribution in [2.24, 2.45) is 0 Å². The molecule has 6 heteroatoms. The van der Waals surface area contributed by atoms with Crippen LogP contribution in [0.25, 0.3) is 77.9 Å². The van der Waals surface area contributed by atoms with E-state index in [0.29, 0.717) is 0 Å². The summed E-state index contributed by atoms with van der Waals surface area (Å²) in [6.07, 6.45) is 1.82. The standard InChI is InChI=1S/C38H24N6/c1-4-13-25(14-5-1)27-23-30(26-15-6-2-7-16-26)40-33(24-27)44-31-20-11-10-19-29(31)34-37(44)38-36(42-41-34)35-32(21-12-22-39-35)43(38)28-17-8-3-9-18-28/h1-24H. The fraction of sp³-hybridized carbons (Fsp3) is 0. The quantitative estimate of drug-likeness (QED) is 0.214. The van der Waals surface area contributed by atoms with Crippen molar-refractivity contribution in [2.75, 3.05) is 0 Å². The zero-order valence-electron chi connectivity index (χ0n) is 23.5. The molecule has 0 fully saturated rings. The summed E-state index contributed by atoms with van der Waals surface area (Å²) >= 11 is 0. The van der Waals surface area contributed by atoms with Crippen molar-refractivity contribution in [1.82, 2.24) is 29.3 Å². The van der Waals surface area contributed by atoms with Gasteiger partial charge in [-0.15, -0.1) is 10.2 Å². The van der Waals surface area contributed by atoms with Crippen LogP contribution in [0.15, 0.2) is 146 Å². The largest absolute Gasteiger partial charge is 0.304 e. The van der Waals surface area contributed by atoms with Crippen molar-refractivity contribution in [2.45, 2.75) is 0 Å². The van der Waals surface area contributed by atoms with Gasteiger partial charge in [0, 0.05) is 22.8 Å². The highest BCUT2D eigenvalue weighted by molar-refractivity contribution is 6.20. The zero-order chi connectivity index (χ0) is 29.0. The van der Waals surface area contributed by atoms with Crippen LogP contribution >= 0.6 is 0 Å². The van der Waals surface area contributed by atoms with Gasteiger partial charge in [-0.3, -0.25) is 9.55 Å². The zero-order valence-corrected chi connectivity index (χ0v) is 23.5. The third-order valence-electron chi connectivity index (χ3n) is 8.25. The maximum absolute atomic E-state index is 5.32. The fourth-order valence-electron chi connectivity index (χ4n) is 6.32. The molecule has 44 heavy (non-hydrogen) atoms. The molecule has 6 nitrogen and oxygen atoms in total. The van der Waals surface area contributed by atoms with Crippen LogP contribution in [-0.4, -0.2) is 29.3 Å². The van der Waals surface area contributed by atoms with E-state index in [-0.39, 0.29) is 0 Å². The molecule has 206 valence electrons. The summed E-state index contributed by atoms with van der Waals surface area (Å²) in [7, 11) is 0.